The van der Waals surface area contributed by atoms with Gasteiger partial charge in [0.05, 0.1) is 29.3 Å². The first kappa shape index (κ1) is 21.0. The molecular weight excluding hydrogens is 419 g/mol. The molecule has 3 aromatic rings. The summed E-state index contributed by atoms with van der Waals surface area (Å²) in [5.41, 5.74) is 0.0754. The number of ketones is 1. The van der Waals surface area contributed by atoms with E-state index in [4.69, 9.17) is 4.42 Å². The van der Waals surface area contributed by atoms with Gasteiger partial charge in [-0.05, 0) is 36.2 Å². The molecule has 0 radical (unpaired) electrons. The van der Waals surface area contributed by atoms with Gasteiger partial charge < -0.3 is 14.4 Å². The highest BCUT2D eigenvalue weighted by atomic mass is 19.1. The summed E-state index contributed by atoms with van der Waals surface area (Å²) in [5, 5.41) is 22.2. The minimum absolute atomic E-state index is 0.0135. The van der Waals surface area contributed by atoms with Gasteiger partial charge in [-0.2, -0.15) is 0 Å². The molecule has 9 heteroatoms. The van der Waals surface area contributed by atoms with E-state index in [2.05, 4.69) is 0 Å². The number of carbonyl (C=O) groups excluding carboxylic acids is 2. The Labute approximate surface area is 181 Å². The van der Waals surface area contributed by atoms with Crippen LogP contribution in [0.3, 0.4) is 0 Å². The van der Waals surface area contributed by atoms with E-state index in [9.17, 15) is 29.2 Å². The van der Waals surface area contributed by atoms with E-state index in [1.165, 1.54) is 42.7 Å². The average Bonchev–Trinajstić information content (AvgIpc) is 3.37. The molecule has 0 aliphatic carbocycles. The number of aliphatic hydroxyl groups excluding tert-OH is 1. The fourth-order valence-corrected chi connectivity index (χ4v) is 3.66. The molecule has 0 saturated carbocycles. The zero-order valence-corrected chi connectivity index (χ0v) is 16.8. The minimum atomic E-state index is -1.13. The molecule has 1 aromatic heterocycles. The average molecular weight is 436 g/mol. The molecule has 0 bridgehead atoms. The standard InChI is InChI=1S/C23H17FN2O6/c1-13-7-8-15(11-18(13)24)21(27)19-20(14-4-2-5-16(10-14)26(30)31)25(23(29)22(19)28)12-17-6-3-9-32-17/h2-11,20,27H,12H2,1H3/t20-/m0/s1. The van der Waals surface area contributed by atoms with Crippen molar-refractivity contribution in [2.75, 3.05) is 0 Å². The fourth-order valence-electron chi connectivity index (χ4n) is 3.66. The Morgan fingerprint density at radius 1 is 1.19 bits per heavy atom. The van der Waals surface area contributed by atoms with Crippen LogP contribution in [0.5, 0.6) is 0 Å². The summed E-state index contributed by atoms with van der Waals surface area (Å²) in [6, 6.07) is 11.5. The number of amides is 1. The van der Waals surface area contributed by atoms with Crippen LogP contribution in [0.1, 0.15) is 28.5 Å². The molecule has 2 aromatic carbocycles. The van der Waals surface area contributed by atoms with Gasteiger partial charge in [0, 0.05) is 17.7 Å². The molecule has 1 amide bonds. The van der Waals surface area contributed by atoms with E-state index >= 15 is 0 Å². The van der Waals surface area contributed by atoms with E-state index in [0.717, 1.165) is 11.0 Å². The summed E-state index contributed by atoms with van der Waals surface area (Å²) in [6.07, 6.45) is 1.41. The number of halogens is 1. The third-order valence-corrected chi connectivity index (χ3v) is 5.29. The minimum Gasteiger partial charge on any atom is -0.507 e. The highest BCUT2D eigenvalue weighted by Crippen LogP contribution is 2.41. The van der Waals surface area contributed by atoms with E-state index in [0.29, 0.717) is 11.3 Å². The van der Waals surface area contributed by atoms with Crippen LogP contribution in [0.25, 0.3) is 5.76 Å². The summed E-state index contributed by atoms with van der Waals surface area (Å²) < 4.78 is 19.4. The van der Waals surface area contributed by atoms with Gasteiger partial charge in [0.2, 0.25) is 0 Å². The number of aliphatic hydroxyl groups is 1. The molecule has 1 N–H and O–H groups in total. The number of furan rings is 1. The third kappa shape index (κ3) is 3.64. The van der Waals surface area contributed by atoms with Gasteiger partial charge in [-0.3, -0.25) is 19.7 Å². The zero-order chi connectivity index (χ0) is 23.0. The van der Waals surface area contributed by atoms with Crippen molar-refractivity contribution in [3.05, 3.63) is 105 Å². The summed E-state index contributed by atoms with van der Waals surface area (Å²) in [4.78, 5) is 37.7. The van der Waals surface area contributed by atoms with Crippen molar-refractivity contribution in [2.24, 2.45) is 0 Å². The molecule has 1 aliphatic rings. The molecule has 0 spiro atoms. The summed E-state index contributed by atoms with van der Waals surface area (Å²) in [6.45, 7) is 1.44. The number of nitro groups is 1. The first-order chi connectivity index (χ1) is 15.3. The number of rotatable bonds is 5. The van der Waals surface area contributed by atoms with E-state index in [1.54, 1.807) is 19.1 Å². The number of benzene rings is 2. The summed E-state index contributed by atoms with van der Waals surface area (Å²) >= 11 is 0. The molecule has 2 heterocycles. The van der Waals surface area contributed by atoms with Crippen LogP contribution in [0.4, 0.5) is 10.1 Å². The van der Waals surface area contributed by atoms with Gasteiger partial charge >= 0.3 is 0 Å². The van der Waals surface area contributed by atoms with Crippen molar-refractivity contribution in [3.63, 3.8) is 0 Å². The Hall–Kier alpha value is -4.27. The summed E-state index contributed by atoms with van der Waals surface area (Å²) in [5.74, 6) is -2.67. The second kappa shape index (κ2) is 8.10. The lowest BCUT2D eigenvalue weighted by atomic mass is 9.94. The normalized spacial score (nSPS) is 17.7. The Kier molecular flexibility index (Phi) is 5.31. The lowest BCUT2D eigenvalue weighted by molar-refractivity contribution is -0.384. The number of carbonyl (C=O) groups is 2. The molecule has 1 fully saturated rings. The molecule has 32 heavy (non-hydrogen) atoms. The SMILES string of the molecule is Cc1ccc(C(O)=C2C(=O)C(=O)N(Cc3ccco3)[C@H]2c2cccc([N+](=O)[O-])c2)cc1F. The van der Waals surface area contributed by atoms with Crippen molar-refractivity contribution in [1.82, 2.24) is 4.90 Å². The zero-order valence-electron chi connectivity index (χ0n) is 16.8. The van der Waals surface area contributed by atoms with Crippen LogP contribution < -0.4 is 0 Å². The highest BCUT2D eigenvalue weighted by molar-refractivity contribution is 6.46. The Morgan fingerprint density at radius 2 is 1.97 bits per heavy atom. The quantitative estimate of drug-likeness (QED) is 0.210. The lowest BCUT2D eigenvalue weighted by Gasteiger charge is -2.24. The third-order valence-electron chi connectivity index (χ3n) is 5.29. The topological polar surface area (TPSA) is 114 Å². The number of Topliss-reactive ketones (excluding diaryl/α,β-unsaturated/α-hetero) is 1. The van der Waals surface area contributed by atoms with Crippen LogP contribution in [-0.4, -0.2) is 26.6 Å². The van der Waals surface area contributed by atoms with Gasteiger partial charge in [0.1, 0.15) is 17.3 Å². The number of aryl methyl sites for hydroxylation is 1. The Morgan fingerprint density at radius 3 is 2.62 bits per heavy atom. The van der Waals surface area contributed by atoms with Crippen molar-refractivity contribution >= 4 is 23.1 Å². The maximum Gasteiger partial charge on any atom is 0.296 e. The second-order valence-electron chi connectivity index (χ2n) is 7.32. The number of non-ortho nitro benzene ring substituents is 1. The van der Waals surface area contributed by atoms with Crippen LogP contribution in [-0.2, 0) is 16.1 Å². The van der Waals surface area contributed by atoms with Crippen LogP contribution in [0.15, 0.2) is 70.9 Å². The summed E-state index contributed by atoms with van der Waals surface area (Å²) in [7, 11) is 0. The predicted molar refractivity (Wildman–Crippen MR) is 111 cm³/mol. The van der Waals surface area contributed by atoms with E-state index < -0.39 is 34.2 Å². The van der Waals surface area contributed by atoms with E-state index in [-0.39, 0.29) is 28.9 Å². The maximum atomic E-state index is 14.1. The van der Waals surface area contributed by atoms with Crippen molar-refractivity contribution in [3.8, 4) is 0 Å². The van der Waals surface area contributed by atoms with Crippen molar-refractivity contribution < 1.29 is 28.4 Å². The molecule has 1 aliphatic heterocycles. The van der Waals surface area contributed by atoms with Gasteiger partial charge in [-0.1, -0.05) is 24.3 Å². The number of nitrogens with zero attached hydrogens (tertiary/aromatic N) is 2. The predicted octanol–water partition coefficient (Wildman–Crippen LogP) is 4.26. The molecule has 0 unspecified atom stereocenters. The fraction of sp³-hybridized carbons (Fsp3) is 0.130. The first-order valence-corrected chi connectivity index (χ1v) is 9.59. The van der Waals surface area contributed by atoms with Gasteiger partial charge in [-0.25, -0.2) is 4.39 Å². The molecule has 1 atom stereocenters. The number of nitro benzene ring substituents is 1. The molecular formula is C23H17FN2O6. The van der Waals surface area contributed by atoms with E-state index in [1.807, 2.05) is 0 Å². The molecule has 1 saturated heterocycles. The number of hydrogen-bond acceptors (Lipinski definition) is 6. The van der Waals surface area contributed by atoms with Gasteiger partial charge in [0.15, 0.2) is 0 Å². The number of hydrogen-bond donors (Lipinski definition) is 1. The van der Waals surface area contributed by atoms with Crippen LogP contribution in [0.2, 0.25) is 0 Å². The maximum absolute atomic E-state index is 14.1. The molecule has 8 nitrogen and oxygen atoms in total. The largest absolute Gasteiger partial charge is 0.507 e. The Bertz CT molecular complexity index is 1270. The smallest absolute Gasteiger partial charge is 0.296 e. The van der Waals surface area contributed by atoms with Crippen LogP contribution in [0, 0.1) is 22.9 Å². The van der Waals surface area contributed by atoms with Gasteiger partial charge in [-0.15, -0.1) is 0 Å². The molecule has 4 rings (SSSR count). The van der Waals surface area contributed by atoms with Crippen molar-refractivity contribution in [1.29, 1.82) is 0 Å². The lowest BCUT2D eigenvalue weighted by Crippen LogP contribution is -2.29. The molecule has 162 valence electrons. The highest BCUT2D eigenvalue weighted by Gasteiger charge is 2.46. The first-order valence-electron chi connectivity index (χ1n) is 9.59. The van der Waals surface area contributed by atoms with Crippen molar-refractivity contribution in [2.45, 2.75) is 19.5 Å². The monoisotopic (exact) mass is 436 g/mol. The van der Waals surface area contributed by atoms with Gasteiger partial charge in [0.25, 0.3) is 17.4 Å². The number of likely N-dealkylation sites (tertiary alicyclic amines) is 1. The van der Waals surface area contributed by atoms with Crippen LogP contribution >= 0.6 is 0 Å². The Balaban J connectivity index is 1.91. The second-order valence-corrected chi connectivity index (χ2v) is 7.32.